The van der Waals surface area contributed by atoms with E-state index < -0.39 is 0 Å². The molecule has 0 saturated heterocycles. The number of nitrogens with one attached hydrogen (secondary N) is 1. The molecule has 1 N–H and O–H groups in total. The molecular formula is C3H7ClN2O. The first kappa shape index (κ1) is 9.69. The van der Waals surface area contributed by atoms with Crippen molar-refractivity contribution >= 4 is 18.5 Å². The molecule has 4 heteroatoms. The highest BCUT2D eigenvalue weighted by Gasteiger charge is 1.59. The van der Waals surface area contributed by atoms with Crippen molar-refractivity contribution in [3.05, 3.63) is 0 Å². The molecular weight excluding hydrogens is 115 g/mol. The minimum atomic E-state index is 0. The summed E-state index contributed by atoms with van der Waals surface area (Å²) in [5, 5.41) is 3.03. The Hall–Kier alpha value is -0.530. The van der Waals surface area contributed by atoms with Gasteiger partial charge in [0.05, 0.1) is 0 Å². The quantitative estimate of drug-likeness (QED) is 0.325. The van der Waals surface area contributed by atoms with Gasteiger partial charge in [-0.05, 0) is 6.92 Å². The van der Waals surface area contributed by atoms with Crippen LogP contribution in [0.25, 0.3) is 0 Å². The summed E-state index contributed by atoms with van der Waals surface area (Å²) in [6, 6.07) is 0. The van der Waals surface area contributed by atoms with Gasteiger partial charge in [-0.15, -0.1) is 12.4 Å². The van der Waals surface area contributed by atoms with Crippen LogP contribution in [0.5, 0.6) is 0 Å². The van der Waals surface area contributed by atoms with Gasteiger partial charge in [-0.25, -0.2) is 4.79 Å². The number of isocyanates is 1. The van der Waals surface area contributed by atoms with Gasteiger partial charge in [-0.2, -0.15) is 0 Å². The normalized spacial score (nSPS) is 5.29. The van der Waals surface area contributed by atoms with Gasteiger partial charge in [-0.1, -0.05) is 5.10 Å². The molecule has 0 aromatic carbocycles. The summed E-state index contributed by atoms with van der Waals surface area (Å²) in [6.07, 6.45) is 1.33. The fraction of sp³-hybridized carbons (Fsp3) is 0.667. The molecule has 0 aliphatic carbocycles. The molecule has 0 rings (SSSR count). The number of hydrogen-bond acceptors (Lipinski definition) is 3. The Bertz CT molecular complexity index is 69.3. The third-order valence-corrected chi connectivity index (χ3v) is 0.283. The molecule has 7 heavy (non-hydrogen) atoms. The van der Waals surface area contributed by atoms with Gasteiger partial charge in [-0.3, -0.25) is 5.43 Å². The van der Waals surface area contributed by atoms with E-state index in [0.29, 0.717) is 6.54 Å². The maximum atomic E-state index is 9.21. The molecule has 0 aromatic heterocycles. The van der Waals surface area contributed by atoms with Crippen LogP contribution in [0.1, 0.15) is 6.92 Å². The Balaban J connectivity index is 0. The van der Waals surface area contributed by atoms with Crippen LogP contribution in [-0.4, -0.2) is 12.6 Å². The number of rotatable bonds is 2. The van der Waals surface area contributed by atoms with Crippen LogP contribution in [0.2, 0.25) is 0 Å². The lowest BCUT2D eigenvalue weighted by atomic mass is 10.8. The van der Waals surface area contributed by atoms with Crippen molar-refractivity contribution < 1.29 is 4.79 Å². The van der Waals surface area contributed by atoms with E-state index in [9.17, 15) is 4.79 Å². The average molecular weight is 123 g/mol. The van der Waals surface area contributed by atoms with Gasteiger partial charge in [0.15, 0.2) is 0 Å². The molecule has 0 amide bonds. The Morgan fingerprint density at radius 3 is 2.57 bits per heavy atom. The van der Waals surface area contributed by atoms with Gasteiger partial charge < -0.3 is 0 Å². The van der Waals surface area contributed by atoms with Crippen molar-refractivity contribution in [2.24, 2.45) is 5.10 Å². The first-order valence-corrected chi connectivity index (χ1v) is 1.71. The zero-order valence-electron chi connectivity index (χ0n) is 3.97. The molecule has 0 aliphatic rings. The maximum absolute atomic E-state index is 9.21. The smallest absolute Gasteiger partial charge is 0.258 e. The minimum Gasteiger partial charge on any atom is -0.299 e. The molecule has 0 aromatic rings. The third-order valence-electron chi connectivity index (χ3n) is 0.283. The fourth-order valence-corrected chi connectivity index (χ4v) is 0.111. The summed E-state index contributed by atoms with van der Waals surface area (Å²) in [7, 11) is 0. The number of hydrazone groups is 1. The number of hydrogen-bond donors (Lipinski definition) is 1. The number of carbonyl (C=O) groups excluding carboxylic acids is 1. The second-order valence-electron chi connectivity index (χ2n) is 0.715. The summed E-state index contributed by atoms with van der Waals surface area (Å²) in [4.78, 5) is 9.21. The van der Waals surface area contributed by atoms with Crippen LogP contribution in [-0.2, 0) is 4.79 Å². The van der Waals surface area contributed by atoms with Crippen LogP contribution in [0.3, 0.4) is 0 Å². The molecule has 0 radical (unpaired) electrons. The molecule has 42 valence electrons. The molecule has 0 atom stereocenters. The minimum absolute atomic E-state index is 0. The average Bonchev–Trinajstić information content (AvgIpc) is 1.61. The summed E-state index contributed by atoms with van der Waals surface area (Å²) in [5.41, 5.74) is 2.40. The van der Waals surface area contributed by atoms with Crippen molar-refractivity contribution in [2.75, 3.05) is 6.54 Å². The van der Waals surface area contributed by atoms with Crippen LogP contribution >= 0.6 is 12.4 Å². The van der Waals surface area contributed by atoms with Crippen molar-refractivity contribution in [1.29, 1.82) is 0 Å². The maximum Gasteiger partial charge on any atom is 0.258 e. The summed E-state index contributed by atoms with van der Waals surface area (Å²) >= 11 is 0. The van der Waals surface area contributed by atoms with Crippen LogP contribution in [0.4, 0.5) is 0 Å². The molecule has 0 bridgehead atoms. The molecule has 0 unspecified atom stereocenters. The number of halogens is 1. The van der Waals surface area contributed by atoms with E-state index in [1.54, 1.807) is 0 Å². The van der Waals surface area contributed by atoms with Gasteiger partial charge >= 0.3 is 0 Å². The van der Waals surface area contributed by atoms with Crippen molar-refractivity contribution in [1.82, 2.24) is 5.43 Å². The van der Waals surface area contributed by atoms with Gasteiger partial charge in [0.25, 0.3) is 6.08 Å². The first-order valence-electron chi connectivity index (χ1n) is 1.71. The van der Waals surface area contributed by atoms with Crippen LogP contribution in [0, 0.1) is 0 Å². The predicted octanol–water partition coefficient (Wildman–Crippen LogP) is 0.269. The monoisotopic (exact) mass is 122 g/mol. The van der Waals surface area contributed by atoms with Gasteiger partial charge in [0, 0.05) is 6.54 Å². The summed E-state index contributed by atoms with van der Waals surface area (Å²) in [6.45, 7) is 2.52. The topological polar surface area (TPSA) is 41.5 Å². The molecule has 0 spiro atoms. The van der Waals surface area contributed by atoms with E-state index in [2.05, 4.69) is 10.5 Å². The summed E-state index contributed by atoms with van der Waals surface area (Å²) in [5.74, 6) is 0. The van der Waals surface area contributed by atoms with Gasteiger partial charge in [0.2, 0.25) is 0 Å². The van der Waals surface area contributed by atoms with Crippen molar-refractivity contribution in [2.45, 2.75) is 6.92 Å². The Kier molecular flexibility index (Phi) is 12.6. The lowest BCUT2D eigenvalue weighted by molar-refractivity contribution is 0.558. The lowest BCUT2D eigenvalue weighted by Crippen LogP contribution is -2.00. The summed E-state index contributed by atoms with van der Waals surface area (Å²) < 4.78 is 0. The second-order valence-corrected chi connectivity index (χ2v) is 0.715. The molecule has 0 saturated carbocycles. The van der Waals surface area contributed by atoms with E-state index in [0.717, 1.165) is 0 Å². The predicted molar refractivity (Wildman–Crippen MR) is 29.0 cm³/mol. The highest BCUT2D eigenvalue weighted by atomic mass is 35.5. The van der Waals surface area contributed by atoms with Crippen molar-refractivity contribution in [3.8, 4) is 0 Å². The molecule has 0 fully saturated rings. The van der Waals surface area contributed by atoms with Crippen LogP contribution < -0.4 is 5.43 Å². The lowest BCUT2D eigenvalue weighted by Gasteiger charge is -1.80. The van der Waals surface area contributed by atoms with E-state index in [1.807, 2.05) is 6.92 Å². The second kappa shape index (κ2) is 9.08. The van der Waals surface area contributed by atoms with Crippen molar-refractivity contribution in [3.63, 3.8) is 0 Å². The van der Waals surface area contributed by atoms with Crippen LogP contribution in [0.15, 0.2) is 5.10 Å². The Morgan fingerprint density at radius 1 is 1.86 bits per heavy atom. The van der Waals surface area contributed by atoms with E-state index in [4.69, 9.17) is 0 Å². The van der Waals surface area contributed by atoms with E-state index in [-0.39, 0.29) is 12.4 Å². The molecule has 0 aliphatic heterocycles. The zero-order valence-corrected chi connectivity index (χ0v) is 4.79. The largest absolute Gasteiger partial charge is 0.299 e. The standard InChI is InChI=1S/C3H6N2O.ClH/c1-2-4-5-3-6;/h4H,2H2,1H3;1H. The van der Waals surface area contributed by atoms with Gasteiger partial charge in [0.1, 0.15) is 0 Å². The Morgan fingerprint density at radius 2 is 2.43 bits per heavy atom. The third kappa shape index (κ3) is 10.8. The number of nitrogens with zero attached hydrogens (tertiary/aromatic N) is 1. The highest BCUT2D eigenvalue weighted by Crippen LogP contribution is 1.47. The van der Waals surface area contributed by atoms with E-state index in [1.165, 1.54) is 6.08 Å². The zero-order chi connectivity index (χ0) is 4.83. The highest BCUT2D eigenvalue weighted by molar-refractivity contribution is 5.85. The van der Waals surface area contributed by atoms with E-state index >= 15 is 0 Å². The molecule has 3 nitrogen and oxygen atoms in total. The SMILES string of the molecule is CCNN=C=O.Cl. The first-order chi connectivity index (χ1) is 2.91. The fourth-order valence-electron chi connectivity index (χ4n) is 0.111. The molecule has 0 heterocycles. The Labute approximate surface area is 48.2 Å².